The number of benzene rings is 1. The van der Waals surface area contributed by atoms with E-state index in [1.807, 2.05) is 12.1 Å². The van der Waals surface area contributed by atoms with Crippen LogP contribution in [0.15, 0.2) is 24.3 Å². The van der Waals surface area contributed by atoms with Crippen LogP contribution in [-0.4, -0.2) is 37.1 Å². The van der Waals surface area contributed by atoms with Crippen molar-refractivity contribution in [3.05, 3.63) is 34.9 Å². The molecular formula is C14H18ClNO2. The number of likely N-dealkylation sites (tertiary alicyclic amines) is 1. The van der Waals surface area contributed by atoms with Crippen molar-refractivity contribution < 1.29 is 9.53 Å². The summed E-state index contributed by atoms with van der Waals surface area (Å²) in [7, 11) is 0. The average molecular weight is 268 g/mol. The number of carbonyl (C=O) groups excluding carboxylic acids is 1. The summed E-state index contributed by atoms with van der Waals surface area (Å²) in [6.07, 6.45) is 2.84. The maximum Gasteiger partial charge on any atom is 0.310 e. The highest BCUT2D eigenvalue weighted by Crippen LogP contribution is 2.10. The van der Waals surface area contributed by atoms with Crippen molar-refractivity contribution in [2.75, 3.05) is 26.2 Å². The Morgan fingerprint density at radius 2 is 1.89 bits per heavy atom. The number of ether oxygens (including phenoxy) is 1. The molecule has 0 aliphatic carbocycles. The van der Waals surface area contributed by atoms with Crippen molar-refractivity contribution >= 4 is 17.6 Å². The molecule has 1 aromatic rings. The lowest BCUT2D eigenvalue weighted by Gasteiger charge is -2.14. The van der Waals surface area contributed by atoms with E-state index in [-0.39, 0.29) is 5.97 Å². The molecule has 0 atom stereocenters. The maximum absolute atomic E-state index is 11.6. The number of halogens is 1. The zero-order chi connectivity index (χ0) is 12.8. The lowest BCUT2D eigenvalue weighted by Crippen LogP contribution is -2.25. The fourth-order valence-electron chi connectivity index (χ4n) is 2.11. The van der Waals surface area contributed by atoms with E-state index in [9.17, 15) is 4.79 Å². The van der Waals surface area contributed by atoms with Crippen molar-refractivity contribution in [1.82, 2.24) is 4.90 Å². The highest BCUT2D eigenvalue weighted by molar-refractivity contribution is 6.30. The number of hydrogen-bond acceptors (Lipinski definition) is 3. The third-order valence-electron chi connectivity index (χ3n) is 3.13. The van der Waals surface area contributed by atoms with Gasteiger partial charge in [-0.25, -0.2) is 0 Å². The zero-order valence-electron chi connectivity index (χ0n) is 10.4. The van der Waals surface area contributed by atoms with Crippen molar-refractivity contribution in [3.8, 4) is 0 Å². The Labute approximate surface area is 113 Å². The first kappa shape index (κ1) is 13.4. The standard InChI is InChI=1S/C14H18ClNO2/c15-13-5-3-12(4-6-13)11-14(17)18-10-9-16-7-1-2-8-16/h3-6H,1-2,7-11H2. The summed E-state index contributed by atoms with van der Waals surface area (Å²) >= 11 is 5.78. The molecule has 18 heavy (non-hydrogen) atoms. The molecule has 1 aliphatic rings. The van der Waals surface area contributed by atoms with E-state index in [2.05, 4.69) is 4.90 Å². The van der Waals surface area contributed by atoms with Crippen LogP contribution in [0, 0.1) is 0 Å². The number of carbonyl (C=O) groups is 1. The van der Waals surface area contributed by atoms with Crippen molar-refractivity contribution in [3.63, 3.8) is 0 Å². The Hall–Kier alpha value is -1.06. The van der Waals surface area contributed by atoms with E-state index >= 15 is 0 Å². The molecule has 98 valence electrons. The van der Waals surface area contributed by atoms with E-state index in [4.69, 9.17) is 16.3 Å². The number of nitrogens with zero attached hydrogens (tertiary/aromatic N) is 1. The van der Waals surface area contributed by atoms with Crippen LogP contribution in [0.1, 0.15) is 18.4 Å². The van der Waals surface area contributed by atoms with Crippen LogP contribution in [0.4, 0.5) is 0 Å². The predicted molar refractivity (Wildman–Crippen MR) is 71.8 cm³/mol. The number of rotatable bonds is 5. The van der Waals surface area contributed by atoms with Gasteiger partial charge in [0.2, 0.25) is 0 Å². The lowest BCUT2D eigenvalue weighted by atomic mass is 10.1. The van der Waals surface area contributed by atoms with Gasteiger partial charge in [0.25, 0.3) is 0 Å². The van der Waals surface area contributed by atoms with Crippen LogP contribution >= 0.6 is 11.6 Å². The summed E-state index contributed by atoms with van der Waals surface area (Å²) in [4.78, 5) is 13.9. The third-order valence-corrected chi connectivity index (χ3v) is 3.38. The summed E-state index contributed by atoms with van der Waals surface area (Å²) in [6.45, 7) is 3.61. The summed E-state index contributed by atoms with van der Waals surface area (Å²) in [6, 6.07) is 7.27. The van der Waals surface area contributed by atoms with Crippen LogP contribution in [0.25, 0.3) is 0 Å². The Balaban J connectivity index is 1.66. The SMILES string of the molecule is O=C(Cc1ccc(Cl)cc1)OCCN1CCCC1. The molecule has 0 bridgehead atoms. The van der Waals surface area contributed by atoms with Gasteiger partial charge in [-0.2, -0.15) is 0 Å². The van der Waals surface area contributed by atoms with Gasteiger partial charge in [-0.3, -0.25) is 9.69 Å². The second-order valence-corrected chi connectivity index (χ2v) is 5.01. The molecule has 1 saturated heterocycles. The molecule has 0 saturated carbocycles. The first-order valence-electron chi connectivity index (χ1n) is 6.36. The molecule has 1 heterocycles. The summed E-state index contributed by atoms with van der Waals surface area (Å²) in [5.41, 5.74) is 0.936. The second-order valence-electron chi connectivity index (χ2n) is 4.57. The average Bonchev–Trinajstić information content (AvgIpc) is 2.85. The van der Waals surface area contributed by atoms with Crippen molar-refractivity contribution in [2.45, 2.75) is 19.3 Å². The molecular weight excluding hydrogens is 250 g/mol. The van der Waals surface area contributed by atoms with E-state index in [1.54, 1.807) is 12.1 Å². The molecule has 3 nitrogen and oxygen atoms in total. The van der Waals surface area contributed by atoms with Crippen molar-refractivity contribution in [2.24, 2.45) is 0 Å². The van der Waals surface area contributed by atoms with Crippen LogP contribution in [0.5, 0.6) is 0 Å². The molecule has 4 heteroatoms. The summed E-state index contributed by atoms with van der Waals surface area (Å²) in [5.74, 6) is -0.170. The fraction of sp³-hybridized carbons (Fsp3) is 0.500. The number of hydrogen-bond donors (Lipinski definition) is 0. The van der Waals surface area contributed by atoms with Gasteiger partial charge >= 0.3 is 5.97 Å². The Bertz CT molecular complexity index is 385. The van der Waals surface area contributed by atoms with Crippen molar-refractivity contribution in [1.29, 1.82) is 0 Å². The normalized spacial score (nSPS) is 15.8. The molecule has 1 fully saturated rings. The van der Waals surface area contributed by atoms with Crippen LogP contribution in [0.2, 0.25) is 5.02 Å². The molecule has 0 N–H and O–H groups in total. The molecule has 1 aromatic carbocycles. The molecule has 0 amide bonds. The molecule has 0 aromatic heterocycles. The first-order chi connectivity index (χ1) is 8.74. The predicted octanol–water partition coefficient (Wildman–Crippen LogP) is 2.52. The monoisotopic (exact) mass is 267 g/mol. The van der Waals surface area contributed by atoms with Crippen LogP contribution in [-0.2, 0) is 16.0 Å². The van der Waals surface area contributed by atoms with E-state index in [1.165, 1.54) is 12.8 Å². The van der Waals surface area contributed by atoms with Gasteiger partial charge in [-0.05, 0) is 43.6 Å². The highest BCUT2D eigenvalue weighted by atomic mass is 35.5. The minimum atomic E-state index is -0.170. The lowest BCUT2D eigenvalue weighted by molar-refractivity contribution is -0.143. The van der Waals surface area contributed by atoms with E-state index in [0.29, 0.717) is 18.1 Å². The van der Waals surface area contributed by atoms with Crippen LogP contribution in [0.3, 0.4) is 0 Å². The molecule has 0 unspecified atom stereocenters. The van der Waals surface area contributed by atoms with Gasteiger partial charge in [-0.1, -0.05) is 23.7 Å². The quantitative estimate of drug-likeness (QED) is 0.768. The smallest absolute Gasteiger partial charge is 0.310 e. The molecule has 1 aliphatic heterocycles. The van der Waals surface area contributed by atoms with Crippen LogP contribution < -0.4 is 0 Å². The minimum Gasteiger partial charge on any atom is -0.464 e. The summed E-state index contributed by atoms with van der Waals surface area (Å²) < 4.78 is 5.22. The number of esters is 1. The Morgan fingerprint density at radius 1 is 1.22 bits per heavy atom. The van der Waals surface area contributed by atoms with E-state index < -0.39 is 0 Å². The maximum atomic E-state index is 11.6. The second kappa shape index (κ2) is 6.76. The highest BCUT2D eigenvalue weighted by Gasteiger charge is 2.12. The van der Waals surface area contributed by atoms with Gasteiger partial charge in [0.15, 0.2) is 0 Å². The molecule has 0 spiro atoms. The van der Waals surface area contributed by atoms with Gasteiger partial charge in [0, 0.05) is 11.6 Å². The fourth-order valence-corrected chi connectivity index (χ4v) is 2.24. The topological polar surface area (TPSA) is 29.5 Å². The Kier molecular flexibility index (Phi) is 5.02. The van der Waals surface area contributed by atoms with E-state index in [0.717, 1.165) is 25.2 Å². The van der Waals surface area contributed by atoms with Gasteiger partial charge in [0.05, 0.1) is 6.42 Å². The molecule has 0 radical (unpaired) electrons. The van der Waals surface area contributed by atoms with Gasteiger partial charge in [-0.15, -0.1) is 0 Å². The largest absolute Gasteiger partial charge is 0.464 e. The first-order valence-corrected chi connectivity index (χ1v) is 6.74. The third kappa shape index (κ3) is 4.31. The zero-order valence-corrected chi connectivity index (χ0v) is 11.2. The Morgan fingerprint density at radius 3 is 2.56 bits per heavy atom. The van der Waals surface area contributed by atoms with Gasteiger partial charge in [0.1, 0.15) is 6.61 Å². The molecule has 2 rings (SSSR count). The minimum absolute atomic E-state index is 0.170. The van der Waals surface area contributed by atoms with Gasteiger partial charge < -0.3 is 4.74 Å². The summed E-state index contributed by atoms with van der Waals surface area (Å²) in [5, 5.41) is 0.682.